The second-order valence-electron chi connectivity index (χ2n) is 5.63. The zero-order chi connectivity index (χ0) is 14.2. The number of hydrogen-bond acceptors (Lipinski definition) is 3. The summed E-state index contributed by atoms with van der Waals surface area (Å²) in [6.45, 7) is 6.38. The molecule has 2 heterocycles. The van der Waals surface area contributed by atoms with Crippen LogP contribution in [0.5, 0.6) is 11.6 Å². The van der Waals surface area contributed by atoms with E-state index >= 15 is 0 Å². The minimum absolute atomic E-state index is 0.0411. The van der Waals surface area contributed by atoms with Crippen LogP contribution in [0.4, 0.5) is 5.69 Å². The van der Waals surface area contributed by atoms with Crippen molar-refractivity contribution in [3.05, 3.63) is 54.2 Å². The average Bonchev–Trinajstić information content (AvgIpc) is 2.40. The van der Waals surface area contributed by atoms with E-state index in [-0.39, 0.29) is 5.54 Å². The molecule has 0 atom stereocenters. The van der Waals surface area contributed by atoms with Crippen molar-refractivity contribution in [3.8, 4) is 11.6 Å². The number of pyridine rings is 1. The van der Waals surface area contributed by atoms with E-state index < -0.39 is 0 Å². The van der Waals surface area contributed by atoms with Crippen LogP contribution in [-0.2, 0) is 0 Å². The molecule has 0 spiro atoms. The van der Waals surface area contributed by atoms with Gasteiger partial charge in [-0.05, 0) is 44.5 Å². The molecule has 0 bridgehead atoms. The molecule has 1 aromatic heterocycles. The highest BCUT2D eigenvalue weighted by molar-refractivity contribution is 5.77. The van der Waals surface area contributed by atoms with Gasteiger partial charge in [-0.3, -0.25) is 0 Å². The van der Waals surface area contributed by atoms with Gasteiger partial charge >= 0.3 is 0 Å². The molecule has 0 saturated carbocycles. The number of hydrogen-bond donors (Lipinski definition) is 1. The van der Waals surface area contributed by atoms with Gasteiger partial charge < -0.3 is 10.1 Å². The summed E-state index contributed by atoms with van der Waals surface area (Å²) < 4.78 is 5.78. The predicted octanol–water partition coefficient (Wildman–Crippen LogP) is 4.48. The Bertz CT molecular complexity index is 660. The van der Waals surface area contributed by atoms with Gasteiger partial charge in [0.1, 0.15) is 5.75 Å². The number of nitrogens with one attached hydrogen (secondary N) is 1. The normalized spacial score (nSPS) is 15.8. The van der Waals surface area contributed by atoms with E-state index in [1.54, 1.807) is 0 Å². The molecule has 102 valence electrons. The van der Waals surface area contributed by atoms with E-state index in [1.165, 1.54) is 5.57 Å². The van der Waals surface area contributed by atoms with Crippen molar-refractivity contribution in [3.63, 3.8) is 0 Å². The lowest BCUT2D eigenvalue weighted by molar-refractivity contribution is 0.462. The second kappa shape index (κ2) is 4.67. The van der Waals surface area contributed by atoms with Gasteiger partial charge in [0.05, 0.1) is 16.9 Å². The Kier molecular flexibility index (Phi) is 2.97. The topological polar surface area (TPSA) is 34.1 Å². The molecule has 1 aliphatic rings. The number of allylic oxidation sites excluding steroid dienone is 1. The summed E-state index contributed by atoms with van der Waals surface area (Å²) in [6.07, 6.45) is 2.19. The van der Waals surface area contributed by atoms with Gasteiger partial charge in [-0.15, -0.1) is 0 Å². The van der Waals surface area contributed by atoms with Crippen LogP contribution < -0.4 is 10.1 Å². The van der Waals surface area contributed by atoms with E-state index in [0.29, 0.717) is 5.88 Å². The van der Waals surface area contributed by atoms with Crippen molar-refractivity contribution in [1.29, 1.82) is 0 Å². The summed E-state index contributed by atoms with van der Waals surface area (Å²) in [7, 11) is 0. The summed E-state index contributed by atoms with van der Waals surface area (Å²) in [6, 6.07) is 13.6. The minimum atomic E-state index is -0.0411. The molecule has 1 N–H and O–H groups in total. The van der Waals surface area contributed by atoms with Crippen molar-refractivity contribution >= 4 is 11.3 Å². The number of ether oxygens (including phenoxy) is 1. The lowest BCUT2D eigenvalue weighted by Crippen LogP contribution is -2.31. The molecule has 3 rings (SSSR count). The fraction of sp³-hybridized carbons (Fsp3) is 0.235. The molecule has 1 aromatic carbocycles. The molecule has 0 aliphatic carbocycles. The molecule has 0 saturated heterocycles. The van der Waals surface area contributed by atoms with Gasteiger partial charge in [-0.25, -0.2) is 4.98 Å². The largest absolute Gasteiger partial charge is 0.439 e. The Morgan fingerprint density at radius 2 is 1.80 bits per heavy atom. The molecule has 0 amide bonds. The molecular formula is C17H18N2O. The highest BCUT2D eigenvalue weighted by atomic mass is 16.5. The highest BCUT2D eigenvalue weighted by Crippen LogP contribution is 2.34. The van der Waals surface area contributed by atoms with E-state index in [0.717, 1.165) is 17.1 Å². The third-order valence-corrected chi connectivity index (χ3v) is 3.24. The van der Waals surface area contributed by atoms with Crippen LogP contribution in [-0.4, -0.2) is 10.5 Å². The lowest BCUT2D eigenvalue weighted by atomic mass is 9.94. The Morgan fingerprint density at radius 1 is 1.05 bits per heavy atom. The first-order valence-corrected chi connectivity index (χ1v) is 6.75. The van der Waals surface area contributed by atoms with E-state index in [4.69, 9.17) is 4.74 Å². The molecule has 0 radical (unpaired) electrons. The Labute approximate surface area is 119 Å². The third-order valence-electron chi connectivity index (χ3n) is 3.24. The van der Waals surface area contributed by atoms with Crippen LogP contribution in [0.2, 0.25) is 0 Å². The van der Waals surface area contributed by atoms with Crippen molar-refractivity contribution < 1.29 is 4.74 Å². The number of rotatable bonds is 2. The summed E-state index contributed by atoms with van der Waals surface area (Å²) >= 11 is 0. The maximum atomic E-state index is 5.78. The van der Waals surface area contributed by atoms with Crippen molar-refractivity contribution in [2.24, 2.45) is 0 Å². The predicted molar refractivity (Wildman–Crippen MR) is 82.1 cm³/mol. The SMILES string of the molecule is CC1=CC(C)(C)Nc2ccc(Oc3ccccc3)nc21. The molecule has 3 nitrogen and oxygen atoms in total. The number of benzene rings is 1. The molecule has 3 heteroatoms. The number of para-hydroxylation sites is 1. The van der Waals surface area contributed by atoms with Crippen LogP contribution in [0.3, 0.4) is 0 Å². The van der Waals surface area contributed by atoms with Crippen molar-refractivity contribution in [1.82, 2.24) is 4.98 Å². The highest BCUT2D eigenvalue weighted by Gasteiger charge is 2.23. The molecule has 1 aliphatic heterocycles. The van der Waals surface area contributed by atoms with E-state index in [2.05, 4.69) is 37.1 Å². The number of anilines is 1. The van der Waals surface area contributed by atoms with Gasteiger partial charge in [0.2, 0.25) is 5.88 Å². The van der Waals surface area contributed by atoms with Gasteiger partial charge in [0, 0.05) is 6.07 Å². The summed E-state index contributed by atoms with van der Waals surface area (Å²) in [4.78, 5) is 4.60. The van der Waals surface area contributed by atoms with Gasteiger partial charge in [-0.1, -0.05) is 24.3 Å². The van der Waals surface area contributed by atoms with Crippen molar-refractivity contribution in [2.75, 3.05) is 5.32 Å². The Morgan fingerprint density at radius 3 is 2.55 bits per heavy atom. The number of nitrogens with zero attached hydrogens (tertiary/aromatic N) is 1. The van der Waals surface area contributed by atoms with Crippen LogP contribution in [0, 0.1) is 0 Å². The van der Waals surface area contributed by atoms with E-state index in [1.807, 2.05) is 42.5 Å². The molecule has 2 aromatic rings. The fourth-order valence-corrected chi connectivity index (χ4v) is 2.50. The Balaban J connectivity index is 1.93. The average molecular weight is 266 g/mol. The molecule has 0 fully saturated rings. The lowest BCUT2D eigenvalue weighted by Gasteiger charge is -2.30. The number of fused-ring (bicyclic) bond motifs is 1. The van der Waals surface area contributed by atoms with Crippen LogP contribution in [0.15, 0.2) is 48.5 Å². The maximum Gasteiger partial charge on any atom is 0.219 e. The zero-order valence-electron chi connectivity index (χ0n) is 12.0. The first-order valence-electron chi connectivity index (χ1n) is 6.75. The standard InChI is InChI=1S/C17H18N2O/c1-12-11-17(2,3)19-14-9-10-15(18-16(12)14)20-13-7-5-4-6-8-13/h4-11,19H,1-3H3. The second-order valence-corrected chi connectivity index (χ2v) is 5.63. The Hall–Kier alpha value is -2.29. The third kappa shape index (κ3) is 2.52. The summed E-state index contributed by atoms with van der Waals surface area (Å²) in [5.74, 6) is 1.41. The monoisotopic (exact) mass is 266 g/mol. The quantitative estimate of drug-likeness (QED) is 0.870. The summed E-state index contributed by atoms with van der Waals surface area (Å²) in [5, 5.41) is 3.46. The van der Waals surface area contributed by atoms with Gasteiger partial charge in [-0.2, -0.15) is 0 Å². The molecular weight excluding hydrogens is 248 g/mol. The maximum absolute atomic E-state index is 5.78. The first kappa shape index (κ1) is 12.7. The van der Waals surface area contributed by atoms with E-state index in [9.17, 15) is 0 Å². The number of aromatic nitrogens is 1. The van der Waals surface area contributed by atoms with Crippen LogP contribution in [0.25, 0.3) is 5.57 Å². The minimum Gasteiger partial charge on any atom is -0.439 e. The van der Waals surface area contributed by atoms with Crippen molar-refractivity contribution in [2.45, 2.75) is 26.3 Å². The van der Waals surface area contributed by atoms with Crippen LogP contribution in [0.1, 0.15) is 26.5 Å². The summed E-state index contributed by atoms with van der Waals surface area (Å²) in [5.41, 5.74) is 3.14. The smallest absolute Gasteiger partial charge is 0.219 e. The van der Waals surface area contributed by atoms with Gasteiger partial charge in [0.25, 0.3) is 0 Å². The molecule has 20 heavy (non-hydrogen) atoms. The zero-order valence-corrected chi connectivity index (χ0v) is 12.0. The van der Waals surface area contributed by atoms with Gasteiger partial charge in [0.15, 0.2) is 0 Å². The molecule has 0 unspecified atom stereocenters. The van der Waals surface area contributed by atoms with Crippen LogP contribution >= 0.6 is 0 Å². The fourth-order valence-electron chi connectivity index (χ4n) is 2.50. The first-order chi connectivity index (χ1) is 9.53.